The number of fused-ring (bicyclic) bond motifs is 8. The van der Waals surface area contributed by atoms with Crippen LogP contribution in [0.2, 0.25) is 0 Å². The predicted molar refractivity (Wildman–Crippen MR) is 220 cm³/mol. The summed E-state index contributed by atoms with van der Waals surface area (Å²) in [5.74, 6) is -0.689. The zero-order chi connectivity index (χ0) is 41.6. The van der Waals surface area contributed by atoms with Gasteiger partial charge < -0.3 is 43.2 Å². The minimum atomic E-state index is -0.638. The number of allylic oxidation sites excluding steroid dienone is 2. The number of rotatable bonds is 9. The lowest BCUT2D eigenvalue weighted by Crippen LogP contribution is -2.59. The van der Waals surface area contributed by atoms with Gasteiger partial charge in [-0.25, -0.2) is 4.98 Å². The van der Waals surface area contributed by atoms with Crippen LogP contribution in [0.4, 0.5) is 0 Å². The van der Waals surface area contributed by atoms with Crippen molar-refractivity contribution in [2.75, 3.05) is 28.4 Å². The van der Waals surface area contributed by atoms with Crippen LogP contribution in [-0.2, 0) is 52.9 Å². The van der Waals surface area contributed by atoms with Gasteiger partial charge >= 0.3 is 5.97 Å². The molecule has 12 nitrogen and oxygen atoms in total. The Morgan fingerprint density at radius 1 is 0.897 bits per heavy atom. The quantitative estimate of drug-likeness (QED) is 0.258. The van der Waals surface area contributed by atoms with E-state index in [0.29, 0.717) is 6.42 Å². The van der Waals surface area contributed by atoms with Crippen LogP contribution in [0.25, 0.3) is 0 Å². The number of nitrogens with one attached hydrogen (secondary N) is 1. The van der Waals surface area contributed by atoms with Crippen molar-refractivity contribution in [1.82, 2.24) is 10.3 Å². The van der Waals surface area contributed by atoms with E-state index in [1.165, 1.54) is 4.88 Å². The van der Waals surface area contributed by atoms with Gasteiger partial charge in [-0.3, -0.25) is 9.59 Å². The molecule has 7 rings (SSSR count). The number of methoxy groups -OCH3 is 3. The number of ether oxygens (including phenoxy) is 8. The molecule has 0 unspecified atom stereocenters. The first-order chi connectivity index (χ1) is 27.7. The van der Waals surface area contributed by atoms with E-state index in [2.05, 4.69) is 46.0 Å². The summed E-state index contributed by atoms with van der Waals surface area (Å²) in [6.45, 7) is 14.8. The minimum Gasteiger partial charge on any atom is -0.462 e. The fraction of sp³-hybridized carbons (Fsp3) is 0.844. The Hall–Kier alpha value is -1.81. The third kappa shape index (κ3) is 8.64. The summed E-state index contributed by atoms with van der Waals surface area (Å²) in [5, 5.41) is 4.43. The second-order valence-corrected chi connectivity index (χ2v) is 19.9. The molecule has 17 atom stereocenters. The highest BCUT2D eigenvalue weighted by Crippen LogP contribution is 2.63. The Morgan fingerprint density at radius 3 is 2.29 bits per heavy atom. The maximum atomic E-state index is 15.1. The van der Waals surface area contributed by atoms with E-state index in [9.17, 15) is 4.79 Å². The van der Waals surface area contributed by atoms with E-state index in [0.717, 1.165) is 61.2 Å². The molecule has 0 spiro atoms. The van der Waals surface area contributed by atoms with Crippen molar-refractivity contribution in [2.45, 2.75) is 191 Å². The molecule has 58 heavy (non-hydrogen) atoms. The van der Waals surface area contributed by atoms with Crippen LogP contribution in [0.3, 0.4) is 0 Å². The molecule has 4 fully saturated rings. The van der Waals surface area contributed by atoms with Crippen molar-refractivity contribution in [2.24, 2.45) is 23.7 Å². The second-order valence-electron chi connectivity index (χ2n) is 18.9. The van der Waals surface area contributed by atoms with Gasteiger partial charge in [-0.1, -0.05) is 40.7 Å². The third-order valence-corrected chi connectivity index (χ3v) is 15.9. The number of hydrogen-bond acceptors (Lipinski definition) is 13. The molecule has 0 aromatic carbocycles. The normalized spacial score (nSPS) is 42.3. The Morgan fingerprint density at radius 2 is 1.64 bits per heavy atom. The molecule has 0 radical (unpaired) electrons. The Bertz CT molecular complexity index is 1630. The van der Waals surface area contributed by atoms with Crippen LogP contribution in [0.15, 0.2) is 11.6 Å². The highest BCUT2D eigenvalue weighted by atomic mass is 32.1. The third-order valence-electron chi connectivity index (χ3n) is 14.3. The van der Waals surface area contributed by atoms with E-state index in [4.69, 9.17) is 42.9 Å². The molecule has 1 N–H and O–H groups in total. The minimum absolute atomic E-state index is 0.00420. The molecule has 6 aliphatic rings. The molecule has 0 amide bonds. The van der Waals surface area contributed by atoms with Gasteiger partial charge in [0.15, 0.2) is 18.4 Å². The fourth-order valence-corrected chi connectivity index (χ4v) is 12.5. The fourth-order valence-electron chi connectivity index (χ4n) is 11.1. The number of Topliss-reactive ketones (excluding diaryl/α,β-unsaturated/α-hetero) is 1. The summed E-state index contributed by atoms with van der Waals surface area (Å²) < 4.78 is 50.3. The van der Waals surface area contributed by atoms with E-state index >= 15 is 4.79 Å². The number of carbonyl (C=O) groups excluding carboxylic acids is 2. The molecule has 1 aromatic rings. The average Bonchev–Trinajstić information content (AvgIpc) is 3.91. The van der Waals surface area contributed by atoms with Crippen molar-refractivity contribution >= 4 is 23.1 Å². The number of ketones is 1. The zero-order valence-electron chi connectivity index (χ0n) is 36.7. The van der Waals surface area contributed by atoms with E-state index in [-0.39, 0.29) is 108 Å². The molecule has 3 aliphatic heterocycles. The molecule has 1 saturated carbocycles. The smallest absolute Gasteiger partial charge is 0.306 e. The summed E-state index contributed by atoms with van der Waals surface area (Å²) in [6, 6.07) is 0.271. The monoisotopic (exact) mass is 830 g/mol. The number of likely N-dealkylation sites (N-methyl/N-ethyl adjacent to an activating group) is 1. The molecular weight excluding hydrogens is 761 g/mol. The lowest BCUT2D eigenvalue weighted by molar-refractivity contribution is -0.314. The second kappa shape index (κ2) is 18.3. The molecule has 1 aromatic heterocycles. The van der Waals surface area contributed by atoms with Crippen LogP contribution in [0.1, 0.15) is 134 Å². The van der Waals surface area contributed by atoms with E-state index < -0.39 is 18.3 Å². The lowest BCUT2D eigenvalue weighted by atomic mass is 9.67. The number of carbonyl (C=O) groups is 2. The topological polar surface area (TPSA) is 133 Å². The standard InChI is InChI=1S/C45H70N2O10S/c1-12-25-14-13-15-33(57-35-17-16-32(46-8)23(3)53-35)22(2)38(49)30-20-28-27-18-26(56-43-41(52-11)40(51-10)39(50-9)24(4)54-43)19-31(27)42-37(47-44(58-42)45(5,6)7)36(28)29(30)21-34(48)55-25/h20,22-29,31-33,35-36,39-41,43,46H,12-19,21H2,1-11H3/t22-,23-,24+,25+,26+,27+,28+,29-,31-,32+,33+,35+,36-,39+,40-,41-,43+/m1/s1. The molecular formula is C45H70N2O10S. The van der Waals surface area contributed by atoms with Gasteiger partial charge in [0.25, 0.3) is 0 Å². The summed E-state index contributed by atoms with van der Waals surface area (Å²) in [7, 11) is 6.96. The van der Waals surface area contributed by atoms with Crippen LogP contribution < -0.4 is 5.32 Å². The van der Waals surface area contributed by atoms with Crippen molar-refractivity contribution in [1.29, 1.82) is 0 Å². The Labute approximate surface area is 350 Å². The van der Waals surface area contributed by atoms with Gasteiger partial charge in [0, 0.05) is 61.3 Å². The SMILES string of the molecule is CC[C@H]1CCC[C@H](O[C@H]2CC[C@H](NC)[C@@H](C)O2)[C@@H](C)C(=O)C2=C[C@H]3[C@@H]4C[C@H](O[C@@H]5O[C@@H](C)[C@H](OC)[C@@H](OC)[C@H]5OC)C[C@H]4c4sc(C(C)(C)C)nc4[C@H]3[C@@H]2CC(=O)O1. The maximum absolute atomic E-state index is 15.1. The van der Waals surface area contributed by atoms with Crippen molar-refractivity contribution < 1.29 is 47.5 Å². The van der Waals surface area contributed by atoms with Crippen molar-refractivity contribution in [3.05, 3.63) is 27.2 Å². The first kappa shape index (κ1) is 44.3. The van der Waals surface area contributed by atoms with Gasteiger partial charge in [-0.15, -0.1) is 11.3 Å². The molecule has 4 heterocycles. The largest absolute Gasteiger partial charge is 0.462 e. The Kier molecular flexibility index (Phi) is 13.9. The van der Waals surface area contributed by atoms with Crippen molar-refractivity contribution in [3.63, 3.8) is 0 Å². The van der Waals surface area contributed by atoms with Crippen LogP contribution in [0, 0.1) is 23.7 Å². The highest BCUT2D eigenvalue weighted by molar-refractivity contribution is 7.12. The van der Waals surface area contributed by atoms with E-state index in [1.807, 2.05) is 20.9 Å². The van der Waals surface area contributed by atoms with Crippen LogP contribution in [0.5, 0.6) is 0 Å². The summed E-state index contributed by atoms with van der Waals surface area (Å²) in [5.41, 5.74) is 1.61. The lowest BCUT2D eigenvalue weighted by Gasteiger charge is -2.44. The van der Waals surface area contributed by atoms with Crippen molar-refractivity contribution in [3.8, 4) is 0 Å². The van der Waals surface area contributed by atoms with Gasteiger partial charge in [-0.05, 0) is 89.7 Å². The molecule has 3 aliphatic carbocycles. The number of esters is 1. The summed E-state index contributed by atoms with van der Waals surface area (Å²) >= 11 is 1.80. The number of cyclic esters (lactones) is 1. The first-order valence-electron chi connectivity index (χ1n) is 22.0. The van der Waals surface area contributed by atoms with Gasteiger partial charge in [0.2, 0.25) is 0 Å². The van der Waals surface area contributed by atoms with Crippen LogP contribution >= 0.6 is 11.3 Å². The average molecular weight is 831 g/mol. The summed E-state index contributed by atoms with van der Waals surface area (Å²) in [6.07, 6.45) is 5.57. The first-order valence-corrected chi connectivity index (χ1v) is 22.9. The molecule has 0 bridgehead atoms. The predicted octanol–water partition coefficient (Wildman–Crippen LogP) is 6.98. The van der Waals surface area contributed by atoms with Crippen LogP contribution in [-0.4, -0.2) is 113 Å². The highest BCUT2D eigenvalue weighted by Gasteiger charge is 2.57. The summed E-state index contributed by atoms with van der Waals surface area (Å²) in [4.78, 5) is 35.7. The van der Waals surface area contributed by atoms with Gasteiger partial charge in [-0.2, -0.15) is 0 Å². The molecule has 326 valence electrons. The molecule has 13 heteroatoms. The number of nitrogens with zero attached hydrogens (tertiary/aromatic N) is 1. The number of thiazole rings is 1. The zero-order valence-corrected chi connectivity index (χ0v) is 37.5. The maximum Gasteiger partial charge on any atom is 0.306 e. The van der Waals surface area contributed by atoms with E-state index in [1.54, 1.807) is 32.7 Å². The molecule has 3 saturated heterocycles. The van der Waals surface area contributed by atoms with Gasteiger partial charge in [0.1, 0.15) is 24.4 Å². The van der Waals surface area contributed by atoms with Gasteiger partial charge in [0.05, 0.1) is 41.5 Å². The number of aromatic nitrogens is 1. The number of hydrogen-bond donors (Lipinski definition) is 1. The Balaban J connectivity index is 1.22.